The van der Waals surface area contributed by atoms with Crippen LogP contribution in [0.1, 0.15) is 20.8 Å². The van der Waals surface area contributed by atoms with Crippen molar-refractivity contribution in [3.05, 3.63) is 30.3 Å². The summed E-state index contributed by atoms with van der Waals surface area (Å²) in [5, 5.41) is 3.04. The first-order chi connectivity index (χ1) is 10.2. The van der Waals surface area contributed by atoms with E-state index in [4.69, 9.17) is 10.6 Å². The van der Waals surface area contributed by atoms with Crippen LogP contribution in [0.3, 0.4) is 0 Å². The largest absolute Gasteiger partial charge is 0.444 e. The maximum absolute atomic E-state index is 12.0. The van der Waals surface area contributed by atoms with E-state index in [2.05, 4.69) is 10.7 Å². The lowest BCUT2D eigenvalue weighted by atomic mass is 10.2. The van der Waals surface area contributed by atoms with Gasteiger partial charge in [-0.05, 0) is 32.9 Å². The number of likely N-dealkylation sites (N-methyl/N-ethyl adjacent to an activating group) is 1. The first kappa shape index (κ1) is 17.8. The number of carbonyl (C=O) groups excluding carboxylic acids is 2. The zero-order chi connectivity index (χ0) is 16.8. The molecule has 1 atom stereocenters. The van der Waals surface area contributed by atoms with Crippen LogP contribution in [0.15, 0.2) is 30.3 Å². The van der Waals surface area contributed by atoms with Gasteiger partial charge in [0.25, 0.3) is 5.91 Å². The number of hydrogen-bond donors (Lipinski definition) is 3. The van der Waals surface area contributed by atoms with Crippen LogP contribution in [0.4, 0.5) is 10.5 Å². The number of anilines is 1. The van der Waals surface area contributed by atoms with Gasteiger partial charge in [-0.2, -0.15) is 0 Å². The molecule has 22 heavy (non-hydrogen) atoms. The van der Waals surface area contributed by atoms with Crippen LogP contribution in [0.25, 0.3) is 0 Å². The fourth-order valence-corrected chi connectivity index (χ4v) is 1.72. The SMILES string of the molecule is CN(C[C@H](Nc1ccccc1)C(=O)NN)C(=O)OC(C)(C)C. The molecule has 1 rings (SSSR count). The molecule has 1 aromatic rings. The average molecular weight is 308 g/mol. The van der Waals surface area contributed by atoms with E-state index in [9.17, 15) is 9.59 Å². The fourth-order valence-electron chi connectivity index (χ4n) is 1.72. The van der Waals surface area contributed by atoms with Crippen molar-refractivity contribution >= 4 is 17.7 Å². The standard InChI is InChI=1S/C15H24N4O3/c1-15(2,3)22-14(21)19(4)10-12(13(20)18-16)17-11-8-6-5-7-9-11/h5-9,12,17H,10,16H2,1-4H3,(H,18,20)/t12-/m0/s1. The molecule has 0 bridgehead atoms. The van der Waals surface area contributed by atoms with E-state index in [-0.39, 0.29) is 6.54 Å². The summed E-state index contributed by atoms with van der Waals surface area (Å²) >= 11 is 0. The molecule has 0 aliphatic rings. The van der Waals surface area contributed by atoms with E-state index in [1.54, 1.807) is 27.8 Å². The summed E-state index contributed by atoms with van der Waals surface area (Å²) in [6.45, 7) is 5.47. The van der Waals surface area contributed by atoms with Gasteiger partial charge < -0.3 is 15.0 Å². The molecule has 122 valence electrons. The van der Waals surface area contributed by atoms with E-state index in [0.717, 1.165) is 5.69 Å². The fraction of sp³-hybridized carbons (Fsp3) is 0.467. The molecule has 0 unspecified atom stereocenters. The number of hydrogen-bond acceptors (Lipinski definition) is 5. The van der Waals surface area contributed by atoms with E-state index < -0.39 is 23.6 Å². The average Bonchev–Trinajstić information content (AvgIpc) is 2.45. The summed E-state index contributed by atoms with van der Waals surface area (Å²) in [6.07, 6.45) is -0.503. The minimum Gasteiger partial charge on any atom is -0.444 e. The van der Waals surface area contributed by atoms with Gasteiger partial charge in [-0.25, -0.2) is 10.6 Å². The highest BCUT2D eigenvalue weighted by atomic mass is 16.6. The van der Waals surface area contributed by atoms with Crippen LogP contribution in [-0.4, -0.2) is 42.1 Å². The molecule has 0 aliphatic carbocycles. The summed E-state index contributed by atoms with van der Waals surface area (Å²) < 4.78 is 5.26. The highest BCUT2D eigenvalue weighted by Crippen LogP contribution is 2.11. The zero-order valence-electron chi connectivity index (χ0n) is 13.4. The minimum absolute atomic E-state index is 0.118. The van der Waals surface area contributed by atoms with Crippen molar-refractivity contribution in [1.29, 1.82) is 0 Å². The number of rotatable bonds is 5. The Balaban J connectivity index is 2.73. The van der Waals surface area contributed by atoms with Crippen molar-refractivity contribution < 1.29 is 14.3 Å². The first-order valence-corrected chi connectivity index (χ1v) is 6.99. The second kappa shape index (κ2) is 7.65. The third-order valence-corrected chi connectivity index (χ3v) is 2.74. The van der Waals surface area contributed by atoms with Crippen LogP contribution in [0.2, 0.25) is 0 Å². The second-order valence-electron chi connectivity index (χ2n) is 5.93. The Kier molecular flexibility index (Phi) is 6.18. The third kappa shape index (κ3) is 6.01. The molecule has 0 radical (unpaired) electrons. The maximum Gasteiger partial charge on any atom is 0.410 e. The Labute approximate surface area is 130 Å². The Bertz CT molecular complexity index is 499. The lowest BCUT2D eigenvalue weighted by Crippen LogP contribution is -2.50. The Morgan fingerprint density at radius 3 is 2.36 bits per heavy atom. The lowest BCUT2D eigenvalue weighted by molar-refractivity contribution is -0.122. The van der Waals surface area contributed by atoms with Crippen molar-refractivity contribution in [2.24, 2.45) is 5.84 Å². The quantitative estimate of drug-likeness (QED) is 0.433. The molecular formula is C15H24N4O3. The van der Waals surface area contributed by atoms with E-state index in [1.807, 2.05) is 30.3 Å². The number of nitrogens with one attached hydrogen (secondary N) is 2. The van der Waals surface area contributed by atoms with Crippen LogP contribution >= 0.6 is 0 Å². The number of nitrogens with zero attached hydrogens (tertiary/aromatic N) is 1. The van der Waals surface area contributed by atoms with E-state index in [1.165, 1.54) is 4.90 Å². The Morgan fingerprint density at radius 1 is 1.27 bits per heavy atom. The van der Waals surface area contributed by atoms with Crippen molar-refractivity contribution in [3.8, 4) is 0 Å². The van der Waals surface area contributed by atoms with Gasteiger partial charge in [-0.15, -0.1) is 0 Å². The number of carbonyl (C=O) groups is 2. The lowest BCUT2D eigenvalue weighted by Gasteiger charge is -2.27. The van der Waals surface area contributed by atoms with E-state index in [0.29, 0.717) is 0 Å². The van der Waals surface area contributed by atoms with Crippen molar-refractivity contribution in [2.45, 2.75) is 32.4 Å². The molecule has 2 amide bonds. The molecule has 1 aromatic carbocycles. The highest BCUT2D eigenvalue weighted by Gasteiger charge is 2.25. The number of ether oxygens (including phenoxy) is 1. The van der Waals surface area contributed by atoms with Crippen LogP contribution in [0.5, 0.6) is 0 Å². The van der Waals surface area contributed by atoms with Gasteiger partial charge in [0, 0.05) is 12.7 Å². The first-order valence-electron chi connectivity index (χ1n) is 6.99. The normalized spacial score (nSPS) is 12.2. The summed E-state index contributed by atoms with van der Waals surface area (Å²) in [5.41, 5.74) is 2.26. The number of amides is 2. The summed E-state index contributed by atoms with van der Waals surface area (Å²) in [7, 11) is 1.57. The molecule has 7 heteroatoms. The molecular weight excluding hydrogens is 284 g/mol. The maximum atomic E-state index is 12.0. The number of hydrazine groups is 1. The van der Waals surface area contributed by atoms with Gasteiger partial charge in [0.05, 0.1) is 6.54 Å². The van der Waals surface area contributed by atoms with Gasteiger partial charge in [-0.3, -0.25) is 10.2 Å². The van der Waals surface area contributed by atoms with Gasteiger partial charge in [-0.1, -0.05) is 18.2 Å². The predicted octanol–water partition coefficient (Wildman–Crippen LogP) is 1.32. The highest BCUT2D eigenvalue weighted by molar-refractivity contribution is 5.85. The summed E-state index contributed by atoms with van der Waals surface area (Å²) in [6, 6.07) is 8.52. The van der Waals surface area contributed by atoms with Gasteiger partial charge in [0.15, 0.2) is 0 Å². The zero-order valence-corrected chi connectivity index (χ0v) is 13.4. The Hall–Kier alpha value is -2.28. The smallest absolute Gasteiger partial charge is 0.410 e. The molecule has 0 fully saturated rings. The van der Waals surface area contributed by atoms with Crippen molar-refractivity contribution in [1.82, 2.24) is 10.3 Å². The Morgan fingerprint density at radius 2 is 1.86 bits per heavy atom. The second-order valence-corrected chi connectivity index (χ2v) is 5.93. The van der Waals surface area contributed by atoms with Crippen LogP contribution < -0.4 is 16.6 Å². The van der Waals surface area contributed by atoms with E-state index >= 15 is 0 Å². The van der Waals surface area contributed by atoms with Gasteiger partial charge >= 0.3 is 6.09 Å². The van der Waals surface area contributed by atoms with Gasteiger partial charge in [0.2, 0.25) is 0 Å². The van der Waals surface area contributed by atoms with Crippen LogP contribution in [0, 0.1) is 0 Å². The number of benzene rings is 1. The summed E-state index contributed by atoms with van der Waals surface area (Å²) in [4.78, 5) is 25.2. The van der Waals surface area contributed by atoms with Crippen molar-refractivity contribution in [2.75, 3.05) is 18.9 Å². The number of nitrogens with two attached hydrogens (primary N) is 1. The number of para-hydroxylation sites is 1. The molecule has 7 nitrogen and oxygen atoms in total. The third-order valence-electron chi connectivity index (χ3n) is 2.74. The molecule has 0 spiro atoms. The van der Waals surface area contributed by atoms with Gasteiger partial charge in [0.1, 0.15) is 11.6 Å². The van der Waals surface area contributed by atoms with Crippen molar-refractivity contribution in [3.63, 3.8) is 0 Å². The monoisotopic (exact) mass is 308 g/mol. The van der Waals surface area contributed by atoms with Crippen LogP contribution in [-0.2, 0) is 9.53 Å². The summed E-state index contributed by atoms with van der Waals surface area (Å²) in [5.74, 6) is 4.79. The molecule has 0 aliphatic heterocycles. The molecule has 0 saturated carbocycles. The molecule has 0 heterocycles. The molecule has 0 saturated heterocycles. The molecule has 0 aromatic heterocycles. The minimum atomic E-state index is -0.690. The predicted molar refractivity (Wildman–Crippen MR) is 85.0 cm³/mol. The molecule has 4 N–H and O–H groups in total. The topological polar surface area (TPSA) is 96.7 Å².